The van der Waals surface area contributed by atoms with Crippen molar-refractivity contribution in [2.45, 2.75) is 53.1 Å². The first-order chi connectivity index (χ1) is 17.4. The van der Waals surface area contributed by atoms with E-state index < -0.39 is 23.3 Å². The van der Waals surface area contributed by atoms with Crippen LogP contribution >= 0.6 is 0 Å². The molecule has 0 saturated carbocycles. The SMILES string of the molecule is CCCOc1ccc(Nc2nc(=O)n(C[C@H](CCC)C(=O)OC)c(=O)n2Cc2ccc(C)cc2)cc1. The van der Waals surface area contributed by atoms with Crippen molar-refractivity contribution in [3.05, 3.63) is 80.6 Å². The van der Waals surface area contributed by atoms with E-state index in [2.05, 4.69) is 10.3 Å². The fourth-order valence-corrected chi connectivity index (χ4v) is 3.80. The summed E-state index contributed by atoms with van der Waals surface area (Å²) in [5.41, 5.74) is 1.35. The number of esters is 1. The second-order valence-electron chi connectivity index (χ2n) is 8.69. The van der Waals surface area contributed by atoms with E-state index >= 15 is 0 Å². The first-order valence-electron chi connectivity index (χ1n) is 12.2. The Morgan fingerprint density at radius 3 is 2.31 bits per heavy atom. The molecule has 1 atom stereocenters. The lowest BCUT2D eigenvalue weighted by Gasteiger charge is -2.18. The van der Waals surface area contributed by atoms with Crippen LogP contribution in [0, 0.1) is 12.8 Å². The summed E-state index contributed by atoms with van der Waals surface area (Å²) in [5.74, 6) is -0.225. The van der Waals surface area contributed by atoms with Gasteiger partial charge in [-0.2, -0.15) is 4.98 Å². The van der Waals surface area contributed by atoms with Crippen LogP contribution < -0.4 is 21.4 Å². The highest BCUT2D eigenvalue weighted by atomic mass is 16.5. The number of carbonyl (C=O) groups is 1. The van der Waals surface area contributed by atoms with E-state index in [1.165, 1.54) is 11.7 Å². The van der Waals surface area contributed by atoms with Crippen molar-refractivity contribution in [2.24, 2.45) is 5.92 Å². The van der Waals surface area contributed by atoms with E-state index in [1.54, 1.807) is 12.1 Å². The molecule has 36 heavy (non-hydrogen) atoms. The standard InChI is InChI=1S/C27H34N4O5/c1-5-7-21(24(32)35-4)18-31-26(33)29-25(28-22-12-14-23(15-13-22)36-16-6-2)30(27(31)34)17-20-10-8-19(3)9-11-20/h8-15,21H,5-7,16-18H2,1-4H3,(H,28,29,33)/t21-/m0/s1. The molecule has 1 aromatic heterocycles. The van der Waals surface area contributed by atoms with Crippen LogP contribution in [0.15, 0.2) is 58.1 Å². The summed E-state index contributed by atoms with van der Waals surface area (Å²) in [7, 11) is 1.30. The van der Waals surface area contributed by atoms with Crippen molar-refractivity contribution in [3.63, 3.8) is 0 Å². The highest BCUT2D eigenvalue weighted by Crippen LogP contribution is 2.19. The molecule has 2 aromatic carbocycles. The second-order valence-corrected chi connectivity index (χ2v) is 8.69. The maximum atomic E-state index is 13.6. The first kappa shape index (κ1) is 26.7. The minimum absolute atomic E-state index is 0.0944. The van der Waals surface area contributed by atoms with Crippen LogP contribution in [-0.2, 0) is 22.6 Å². The maximum Gasteiger partial charge on any atom is 0.354 e. The summed E-state index contributed by atoms with van der Waals surface area (Å²) in [4.78, 5) is 43.0. The Hall–Kier alpha value is -3.88. The number of hydrogen-bond donors (Lipinski definition) is 1. The lowest BCUT2D eigenvalue weighted by Crippen LogP contribution is -2.44. The molecule has 1 N–H and O–H groups in total. The zero-order valence-corrected chi connectivity index (χ0v) is 21.3. The van der Waals surface area contributed by atoms with E-state index in [0.717, 1.165) is 27.9 Å². The molecule has 1 heterocycles. The minimum atomic E-state index is -0.726. The number of aryl methyl sites for hydroxylation is 1. The molecule has 3 aromatic rings. The smallest absolute Gasteiger partial charge is 0.354 e. The normalized spacial score (nSPS) is 11.7. The van der Waals surface area contributed by atoms with Crippen molar-refractivity contribution < 1.29 is 14.3 Å². The van der Waals surface area contributed by atoms with E-state index in [-0.39, 0.29) is 19.0 Å². The monoisotopic (exact) mass is 494 g/mol. The van der Waals surface area contributed by atoms with Gasteiger partial charge in [0, 0.05) is 12.2 Å². The molecule has 0 fully saturated rings. The van der Waals surface area contributed by atoms with Gasteiger partial charge in [-0.25, -0.2) is 14.2 Å². The van der Waals surface area contributed by atoms with Gasteiger partial charge < -0.3 is 14.8 Å². The van der Waals surface area contributed by atoms with Crippen LogP contribution in [0.4, 0.5) is 11.6 Å². The van der Waals surface area contributed by atoms with Crippen LogP contribution in [0.25, 0.3) is 0 Å². The molecular formula is C27H34N4O5. The van der Waals surface area contributed by atoms with Crippen LogP contribution in [0.5, 0.6) is 5.75 Å². The Balaban J connectivity index is 2.01. The predicted molar refractivity (Wildman–Crippen MR) is 139 cm³/mol. The number of carbonyl (C=O) groups excluding carboxylic acids is 1. The number of ether oxygens (including phenoxy) is 2. The molecule has 0 amide bonds. The summed E-state index contributed by atoms with van der Waals surface area (Å²) in [5, 5.41) is 3.10. The molecule has 0 aliphatic rings. The molecule has 0 bridgehead atoms. The van der Waals surface area contributed by atoms with E-state index in [4.69, 9.17) is 9.47 Å². The Morgan fingerprint density at radius 2 is 1.69 bits per heavy atom. The fraction of sp³-hybridized carbons (Fsp3) is 0.407. The molecule has 3 rings (SSSR count). The summed E-state index contributed by atoms with van der Waals surface area (Å²) in [6.07, 6.45) is 2.10. The highest BCUT2D eigenvalue weighted by Gasteiger charge is 2.23. The van der Waals surface area contributed by atoms with Gasteiger partial charge in [0.25, 0.3) is 0 Å². The average molecular weight is 495 g/mol. The lowest BCUT2D eigenvalue weighted by molar-refractivity contribution is -0.146. The summed E-state index contributed by atoms with van der Waals surface area (Å²) >= 11 is 0. The molecule has 0 saturated heterocycles. The number of rotatable bonds is 12. The van der Waals surface area contributed by atoms with E-state index in [9.17, 15) is 14.4 Å². The topological polar surface area (TPSA) is 104 Å². The number of methoxy groups -OCH3 is 1. The van der Waals surface area contributed by atoms with Crippen LogP contribution in [-0.4, -0.2) is 33.8 Å². The van der Waals surface area contributed by atoms with Crippen molar-refractivity contribution in [1.29, 1.82) is 0 Å². The molecule has 9 heteroatoms. The number of benzene rings is 2. The molecule has 0 aliphatic carbocycles. The molecule has 0 spiro atoms. The lowest BCUT2D eigenvalue weighted by atomic mass is 10.0. The number of hydrogen-bond acceptors (Lipinski definition) is 7. The van der Waals surface area contributed by atoms with Gasteiger partial charge in [0.1, 0.15) is 5.75 Å². The quantitative estimate of drug-likeness (QED) is 0.381. The third-order valence-corrected chi connectivity index (χ3v) is 5.77. The minimum Gasteiger partial charge on any atom is -0.494 e. The molecule has 0 unspecified atom stereocenters. The number of anilines is 2. The van der Waals surface area contributed by atoms with E-state index in [1.807, 2.05) is 57.2 Å². The number of aromatic nitrogens is 3. The number of nitrogens with zero attached hydrogens (tertiary/aromatic N) is 3. The predicted octanol–water partition coefficient (Wildman–Crippen LogP) is 3.88. The Labute approximate surface area is 210 Å². The van der Waals surface area contributed by atoms with Crippen LogP contribution in [0.2, 0.25) is 0 Å². The fourth-order valence-electron chi connectivity index (χ4n) is 3.80. The molecular weight excluding hydrogens is 460 g/mol. The van der Waals surface area contributed by atoms with Gasteiger partial charge >= 0.3 is 17.3 Å². The van der Waals surface area contributed by atoms with Gasteiger partial charge in [0.05, 0.1) is 26.2 Å². The van der Waals surface area contributed by atoms with Crippen molar-refractivity contribution in [1.82, 2.24) is 14.1 Å². The van der Waals surface area contributed by atoms with Crippen molar-refractivity contribution in [2.75, 3.05) is 19.0 Å². The Kier molecular flexibility index (Phi) is 9.44. The van der Waals surface area contributed by atoms with Crippen LogP contribution in [0.1, 0.15) is 44.2 Å². The molecule has 0 radical (unpaired) electrons. The van der Waals surface area contributed by atoms with Crippen LogP contribution in [0.3, 0.4) is 0 Å². The summed E-state index contributed by atoms with van der Waals surface area (Å²) < 4.78 is 12.9. The van der Waals surface area contributed by atoms with Gasteiger partial charge in [-0.1, -0.05) is 50.1 Å². The number of nitrogens with one attached hydrogen (secondary N) is 1. The molecule has 192 valence electrons. The molecule has 0 aliphatic heterocycles. The zero-order chi connectivity index (χ0) is 26.1. The van der Waals surface area contributed by atoms with Gasteiger partial charge in [0.15, 0.2) is 0 Å². The first-order valence-corrected chi connectivity index (χ1v) is 12.2. The third kappa shape index (κ3) is 6.84. The Bertz CT molecular complexity index is 1260. The van der Waals surface area contributed by atoms with E-state index in [0.29, 0.717) is 25.1 Å². The average Bonchev–Trinajstić information content (AvgIpc) is 2.88. The zero-order valence-electron chi connectivity index (χ0n) is 21.3. The van der Waals surface area contributed by atoms with Gasteiger partial charge in [-0.3, -0.25) is 9.36 Å². The van der Waals surface area contributed by atoms with Crippen molar-refractivity contribution in [3.8, 4) is 5.75 Å². The maximum absolute atomic E-state index is 13.6. The van der Waals surface area contributed by atoms with Gasteiger partial charge in [0.2, 0.25) is 5.95 Å². The van der Waals surface area contributed by atoms with Crippen molar-refractivity contribution >= 4 is 17.6 Å². The largest absolute Gasteiger partial charge is 0.494 e. The molecule has 9 nitrogen and oxygen atoms in total. The van der Waals surface area contributed by atoms with Gasteiger partial charge in [-0.05, 0) is 49.6 Å². The Morgan fingerprint density at radius 1 is 1.00 bits per heavy atom. The van der Waals surface area contributed by atoms with Gasteiger partial charge in [-0.15, -0.1) is 0 Å². The summed E-state index contributed by atoms with van der Waals surface area (Å²) in [6.45, 7) is 6.67. The summed E-state index contributed by atoms with van der Waals surface area (Å²) in [6, 6.07) is 15.0. The third-order valence-electron chi connectivity index (χ3n) is 5.77. The highest BCUT2D eigenvalue weighted by molar-refractivity contribution is 5.72. The second kappa shape index (κ2) is 12.7.